The third-order valence-electron chi connectivity index (χ3n) is 5.33. The summed E-state index contributed by atoms with van der Waals surface area (Å²) in [5.41, 5.74) is 3.40. The molecule has 1 fully saturated rings. The zero-order valence-electron chi connectivity index (χ0n) is 16.0. The number of aromatic nitrogens is 1. The maximum atomic E-state index is 13.0. The Labute approximate surface area is 184 Å². The minimum absolute atomic E-state index is 0.322. The van der Waals surface area contributed by atoms with Crippen LogP contribution < -0.4 is 4.90 Å². The number of anilines is 1. The fraction of sp³-hybridized carbons (Fsp3) is 0.318. The summed E-state index contributed by atoms with van der Waals surface area (Å²) in [6.45, 7) is 1.45. The van der Waals surface area contributed by atoms with Crippen molar-refractivity contribution in [3.8, 4) is 0 Å². The quantitative estimate of drug-likeness (QED) is 0.452. The molecular weight excluding hydrogens is 468 g/mol. The van der Waals surface area contributed by atoms with Gasteiger partial charge in [0.15, 0.2) is 15.0 Å². The van der Waals surface area contributed by atoms with Crippen LogP contribution in [0.25, 0.3) is 0 Å². The zero-order valence-corrected chi connectivity index (χ0v) is 19.2. The summed E-state index contributed by atoms with van der Waals surface area (Å²) >= 11 is 5.04. The van der Waals surface area contributed by atoms with Crippen LogP contribution in [0.15, 0.2) is 64.9 Å². The van der Waals surface area contributed by atoms with Gasteiger partial charge in [-0.05, 0) is 36.1 Å². The second-order valence-electron chi connectivity index (χ2n) is 7.29. The standard InChI is InChI=1S/C22H23BrN2O2S2/c23-15-18-6-8-20(9-7-18)29(26,27)21-10-12-25(13-11-21)22-24-19(16-28-22)14-17-4-2-1-3-5-17/h1-9,16,21H,10-15H2. The second kappa shape index (κ2) is 8.98. The van der Waals surface area contributed by atoms with Crippen LogP contribution in [0.5, 0.6) is 0 Å². The van der Waals surface area contributed by atoms with E-state index < -0.39 is 9.84 Å². The first-order valence-corrected chi connectivity index (χ1v) is 13.2. The van der Waals surface area contributed by atoms with Crippen molar-refractivity contribution in [2.45, 2.75) is 34.7 Å². The Hall–Kier alpha value is -1.70. The SMILES string of the molecule is O=S(=O)(c1ccc(CBr)cc1)C1CCN(c2nc(Cc3ccccc3)cs2)CC1. The molecule has 1 aliphatic heterocycles. The predicted molar refractivity (Wildman–Crippen MR) is 123 cm³/mol. The molecule has 4 nitrogen and oxygen atoms in total. The number of rotatable bonds is 6. The molecule has 0 saturated carbocycles. The van der Waals surface area contributed by atoms with Crippen molar-refractivity contribution in [1.82, 2.24) is 4.98 Å². The van der Waals surface area contributed by atoms with Crippen LogP contribution in [0, 0.1) is 0 Å². The van der Waals surface area contributed by atoms with Gasteiger partial charge in [0.1, 0.15) is 0 Å². The third-order valence-corrected chi connectivity index (χ3v) is 9.20. The molecule has 0 atom stereocenters. The summed E-state index contributed by atoms with van der Waals surface area (Å²) in [6.07, 6.45) is 2.10. The Bertz CT molecular complexity index is 1040. The minimum Gasteiger partial charge on any atom is -0.348 e. The predicted octanol–water partition coefficient (Wildman–Crippen LogP) is 5.07. The molecule has 1 aromatic heterocycles. The van der Waals surface area contributed by atoms with Crippen molar-refractivity contribution in [2.24, 2.45) is 0 Å². The van der Waals surface area contributed by atoms with Crippen molar-refractivity contribution < 1.29 is 8.42 Å². The summed E-state index contributed by atoms with van der Waals surface area (Å²) in [5, 5.41) is 3.51. The van der Waals surface area contributed by atoms with Crippen LogP contribution in [0.3, 0.4) is 0 Å². The number of nitrogens with zero attached hydrogens (tertiary/aromatic N) is 2. The van der Waals surface area contributed by atoms with E-state index >= 15 is 0 Å². The van der Waals surface area contributed by atoms with E-state index in [0.717, 1.165) is 41.2 Å². The molecule has 0 aliphatic carbocycles. The van der Waals surface area contributed by atoms with Crippen LogP contribution in [0.4, 0.5) is 5.13 Å². The van der Waals surface area contributed by atoms with Crippen LogP contribution in [-0.2, 0) is 21.6 Å². The van der Waals surface area contributed by atoms with Crippen molar-refractivity contribution >= 4 is 42.2 Å². The van der Waals surface area contributed by atoms with Gasteiger partial charge < -0.3 is 4.90 Å². The van der Waals surface area contributed by atoms with E-state index in [-0.39, 0.29) is 5.25 Å². The van der Waals surface area contributed by atoms with Gasteiger partial charge in [-0.3, -0.25) is 0 Å². The molecule has 7 heteroatoms. The number of piperidine rings is 1. The highest BCUT2D eigenvalue weighted by atomic mass is 79.9. The van der Waals surface area contributed by atoms with Gasteiger partial charge in [-0.2, -0.15) is 0 Å². The first-order chi connectivity index (χ1) is 14.1. The van der Waals surface area contributed by atoms with Crippen molar-refractivity contribution in [2.75, 3.05) is 18.0 Å². The first-order valence-electron chi connectivity index (χ1n) is 9.68. The Kier molecular flexibility index (Phi) is 6.37. The molecule has 152 valence electrons. The summed E-state index contributed by atoms with van der Waals surface area (Å²) in [4.78, 5) is 7.44. The Morgan fingerprint density at radius 2 is 1.69 bits per heavy atom. The average Bonchev–Trinajstić information content (AvgIpc) is 3.23. The number of hydrogen-bond donors (Lipinski definition) is 0. The van der Waals surface area contributed by atoms with Gasteiger partial charge in [0.25, 0.3) is 0 Å². The molecule has 0 spiro atoms. The monoisotopic (exact) mass is 490 g/mol. The van der Waals surface area contributed by atoms with Gasteiger partial charge in [-0.25, -0.2) is 13.4 Å². The highest BCUT2D eigenvalue weighted by Gasteiger charge is 2.32. The van der Waals surface area contributed by atoms with Crippen molar-refractivity contribution in [3.05, 3.63) is 76.8 Å². The lowest BCUT2D eigenvalue weighted by molar-refractivity contribution is 0.529. The lowest BCUT2D eigenvalue weighted by Gasteiger charge is -2.31. The topological polar surface area (TPSA) is 50.3 Å². The summed E-state index contributed by atoms with van der Waals surface area (Å²) in [7, 11) is -3.29. The number of thiazole rings is 1. The van der Waals surface area contributed by atoms with E-state index in [4.69, 9.17) is 4.98 Å². The average molecular weight is 491 g/mol. The van der Waals surface area contributed by atoms with Gasteiger partial charge in [0, 0.05) is 30.2 Å². The summed E-state index contributed by atoms with van der Waals surface area (Å²) in [6, 6.07) is 17.5. The molecule has 3 aromatic rings. The number of halogens is 1. The second-order valence-corrected chi connectivity index (χ2v) is 10.9. The molecule has 4 rings (SSSR count). The van der Waals surface area contributed by atoms with Gasteiger partial charge in [0.05, 0.1) is 15.8 Å². The van der Waals surface area contributed by atoms with E-state index in [0.29, 0.717) is 17.7 Å². The number of hydrogen-bond acceptors (Lipinski definition) is 5. The smallest absolute Gasteiger partial charge is 0.185 e. The normalized spacial score (nSPS) is 15.6. The molecular formula is C22H23BrN2O2S2. The maximum absolute atomic E-state index is 13.0. The lowest BCUT2D eigenvalue weighted by atomic mass is 10.1. The van der Waals surface area contributed by atoms with E-state index in [1.165, 1.54) is 5.56 Å². The van der Waals surface area contributed by atoms with Crippen LogP contribution in [0.2, 0.25) is 0 Å². The van der Waals surface area contributed by atoms with E-state index in [1.807, 2.05) is 30.3 Å². The number of alkyl halides is 1. The Morgan fingerprint density at radius 3 is 2.34 bits per heavy atom. The molecule has 29 heavy (non-hydrogen) atoms. The fourth-order valence-electron chi connectivity index (χ4n) is 3.65. The minimum atomic E-state index is -3.29. The molecule has 0 N–H and O–H groups in total. The van der Waals surface area contributed by atoms with Gasteiger partial charge in [-0.1, -0.05) is 58.4 Å². The zero-order chi connectivity index (χ0) is 20.3. The lowest BCUT2D eigenvalue weighted by Crippen LogP contribution is -2.39. The first kappa shape index (κ1) is 20.6. The highest BCUT2D eigenvalue weighted by molar-refractivity contribution is 9.08. The molecule has 1 aliphatic rings. The number of sulfone groups is 1. The van der Waals surface area contributed by atoms with Gasteiger partial charge in [0.2, 0.25) is 0 Å². The van der Waals surface area contributed by atoms with Crippen LogP contribution in [0.1, 0.15) is 29.7 Å². The Morgan fingerprint density at radius 1 is 1.00 bits per heavy atom. The highest BCUT2D eigenvalue weighted by Crippen LogP contribution is 2.29. The van der Waals surface area contributed by atoms with Gasteiger partial charge in [-0.15, -0.1) is 11.3 Å². The van der Waals surface area contributed by atoms with Crippen LogP contribution >= 0.6 is 27.3 Å². The molecule has 0 radical (unpaired) electrons. The van der Waals surface area contributed by atoms with Crippen molar-refractivity contribution in [1.29, 1.82) is 0 Å². The molecule has 0 bridgehead atoms. The molecule has 1 saturated heterocycles. The molecule has 0 unspecified atom stereocenters. The number of benzene rings is 2. The van der Waals surface area contributed by atoms with E-state index in [1.54, 1.807) is 23.5 Å². The maximum Gasteiger partial charge on any atom is 0.185 e. The summed E-state index contributed by atoms with van der Waals surface area (Å²) in [5.74, 6) is 0. The fourth-order valence-corrected chi connectivity index (χ4v) is 6.63. The molecule has 2 aromatic carbocycles. The van der Waals surface area contributed by atoms with E-state index in [9.17, 15) is 8.42 Å². The molecule has 2 heterocycles. The van der Waals surface area contributed by atoms with Crippen LogP contribution in [-0.4, -0.2) is 31.7 Å². The Balaban J connectivity index is 1.39. The van der Waals surface area contributed by atoms with E-state index in [2.05, 4.69) is 38.3 Å². The molecule has 0 amide bonds. The van der Waals surface area contributed by atoms with Crippen molar-refractivity contribution in [3.63, 3.8) is 0 Å². The van der Waals surface area contributed by atoms with Gasteiger partial charge >= 0.3 is 0 Å². The largest absolute Gasteiger partial charge is 0.348 e. The summed E-state index contributed by atoms with van der Waals surface area (Å²) < 4.78 is 26.0. The third kappa shape index (κ3) is 4.73.